The van der Waals surface area contributed by atoms with Gasteiger partial charge in [0.15, 0.2) is 5.82 Å². The lowest BCUT2D eigenvalue weighted by Crippen LogP contribution is -2.51. The Morgan fingerprint density at radius 3 is 2.39 bits per heavy atom. The number of unbranched alkanes of at least 4 members (excludes halogenated alkanes) is 8. The number of aromatic amines is 1. The second kappa shape index (κ2) is 21.7. The molecule has 11 nitrogen and oxygen atoms in total. The van der Waals surface area contributed by atoms with Gasteiger partial charge in [-0.3, -0.25) is 9.78 Å². The number of fused-ring (bicyclic) bond motifs is 2. The summed E-state index contributed by atoms with van der Waals surface area (Å²) in [5.41, 5.74) is -0.590. The number of nitrogens with zero attached hydrogens (tertiary/aromatic N) is 3. The van der Waals surface area contributed by atoms with Gasteiger partial charge in [-0.15, -0.1) is 6.42 Å². The van der Waals surface area contributed by atoms with Crippen LogP contribution in [0.1, 0.15) is 115 Å². The fourth-order valence-electron chi connectivity index (χ4n) is 8.46. The third kappa shape index (κ3) is 11.5. The molecular formula is C49H57F2N5O6. The van der Waals surface area contributed by atoms with Gasteiger partial charge in [0, 0.05) is 30.2 Å². The van der Waals surface area contributed by atoms with Crippen molar-refractivity contribution in [2.24, 2.45) is 11.8 Å². The van der Waals surface area contributed by atoms with E-state index in [1.165, 1.54) is 56.1 Å². The number of carbonyl (C=O) groups excluding carboxylic acids is 2. The van der Waals surface area contributed by atoms with Crippen molar-refractivity contribution >= 4 is 39.6 Å². The number of piperidine rings is 1. The SMILES string of the molecule is C#Cc1c(F)ccc2cc(O)cc(-c3ncc4c(N5CC(C)CC(NC(=O)OCc6ccc(OC(=O)C(CCCCCC)CCCCCCCC)cc6)C5)nc(=O)[nH]c4c3F)c12. The van der Waals surface area contributed by atoms with Gasteiger partial charge >= 0.3 is 17.8 Å². The molecule has 2 aromatic heterocycles. The number of nitrogens with one attached hydrogen (secondary N) is 2. The lowest BCUT2D eigenvalue weighted by atomic mass is 9.94. The van der Waals surface area contributed by atoms with Gasteiger partial charge in [-0.2, -0.15) is 4.98 Å². The van der Waals surface area contributed by atoms with Gasteiger partial charge in [0.25, 0.3) is 0 Å². The van der Waals surface area contributed by atoms with Crippen LogP contribution in [0.4, 0.5) is 19.4 Å². The zero-order chi connectivity index (χ0) is 44.2. The Hall–Kier alpha value is -6.03. The van der Waals surface area contributed by atoms with E-state index in [1.807, 2.05) is 6.92 Å². The maximum Gasteiger partial charge on any atom is 0.407 e. The molecule has 1 saturated heterocycles. The molecule has 3 unspecified atom stereocenters. The summed E-state index contributed by atoms with van der Waals surface area (Å²) in [5.74, 6) is 0.848. The molecule has 3 atom stereocenters. The van der Waals surface area contributed by atoms with E-state index in [-0.39, 0.29) is 75.6 Å². The number of rotatable bonds is 19. The third-order valence-electron chi connectivity index (χ3n) is 11.6. The number of amides is 1. The fraction of sp³-hybridized carbons (Fsp3) is 0.449. The Morgan fingerprint density at radius 2 is 1.68 bits per heavy atom. The summed E-state index contributed by atoms with van der Waals surface area (Å²) in [6, 6.07) is 11.8. The Balaban J connectivity index is 1.08. The van der Waals surface area contributed by atoms with E-state index in [9.17, 15) is 23.9 Å². The van der Waals surface area contributed by atoms with Crippen LogP contribution in [0, 0.1) is 35.8 Å². The molecule has 328 valence electrons. The van der Waals surface area contributed by atoms with Gasteiger partial charge < -0.3 is 29.8 Å². The summed E-state index contributed by atoms with van der Waals surface area (Å²) in [7, 11) is 0. The van der Waals surface area contributed by atoms with Crippen LogP contribution in [0.2, 0.25) is 0 Å². The number of pyridine rings is 1. The number of H-pyrrole nitrogens is 1. The zero-order valence-corrected chi connectivity index (χ0v) is 35.9. The van der Waals surface area contributed by atoms with E-state index in [1.54, 1.807) is 29.2 Å². The van der Waals surface area contributed by atoms with E-state index in [0.29, 0.717) is 29.7 Å². The maximum absolute atomic E-state index is 16.5. The van der Waals surface area contributed by atoms with E-state index in [4.69, 9.17) is 15.9 Å². The van der Waals surface area contributed by atoms with Crippen LogP contribution < -0.4 is 20.6 Å². The van der Waals surface area contributed by atoms with Crippen LogP contribution in [-0.4, -0.2) is 51.3 Å². The summed E-state index contributed by atoms with van der Waals surface area (Å²) in [5, 5.41) is 14.2. The molecule has 0 bridgehead atoms. The average Bonchev–Trinajstić information content (AvgIpc) is 3.25. The van der Waals surface area contributed by atoms with Gasteiger partial charge in [-0.25, -0.2) is 18.4 Å². The topological polar surface area (TPSA) is 147 Å². The molecule has 1 aliphatic heterocycles. The Kier molecular flexibility index (Phi) is 15.9. The minimum atomic E-state index is -0.914. The van der Waals surface area contributed by atoms with Crippen molar-refractivity contribution in [3.63, 3.8) is 0 Å². The molecule has 62 heavy (non-hydrogen) atoms. The Morgan fingerprint density at radius 1 is 0.984 bits per heavy atom. The number of alkyl carbamates (subject to hydrolysis) is 1. The van der Waals surface area contributed by atoms with Gasteiger partial charge in [-0.05, 0) is 66.5 Å². The summed E-state index contributed by atoms with van der Waals surface area (Å²) < 4.78 is 42.7. The van der Waals surface area contributed by atoms with Gasteiger partial charge in [0.1, 0.15) is 35.4 Å². The molecule has 3 heterocycles. The summed E-state index contributed by atoms with van der Waals surface area (Å²) in [6.07, 6.45) is 20.1. The number of terminal acetylenes is 1. The number of aromatic hydroxyl groups is 1. The first-order valence-corrected chi connectivity index (χ1v) is 22.0. The van der Waals surface area contributed by atoms with Crippen LogP contribution in [-0.2, 0) is 16.1 Å². The third-order valence-corrected chi connectivity index (χ3v) is 11.6. The fourth-order valence-corrected chi connectivity index (χ4v) is 8.46. The Labute approximate surface area is 361 Å². The number of carbonyl (C=O) groups is 2. The van der Waals surface area contributed by atoms with E-state index >= 15 is 4.39 Å². The second-order valence-corrected chi connectivity index (χ2v) is 16.6. The monoisotopic (exact) mass is 849 g/mol. The molecule has 6 rings (SSSR count). The molecule has 3 N–H and O–H groups in total. The lowest BCUT2D eigenvalue weighted by Gasteiger charge is -2.37. The number of phenols is 1. The van der Waals surface area contributed by atoms with Crippen molar-refractivity contribution in [3.8, 4) is 35.1 Å². The molecular weight excluding hydrogens is 793 g/mol. The van der Waals surface area contributed by atoms with Crippen LogP contribution in [0.15, 0.2) is 59.5 Å². The summed E-state index contributed by atoms with van der Waals surface area (Å²) in [6.45, 7) is 7.06. The number of halogens is 2. The smallest absolute Gasteiger partial charge is 0.407 e. The normalized spacial score (nSPS) is 15.6. The summed E-state index contributed by atoms with van der Waals surface area (Å²) in [4.78, 5) is 52.1. The van der Waals surface area contributed by atoms with Gasteiger partial charge in [0.05, 0.1) is 28.4 Å². The van der Waals surface area contributed by atoms with Crippen LogP contribution in [0.25, 0.3) is 32.9 Å². The molecule has 1 aliphatic rings. The van der Waals surface area contributed by atoms with Crippen LogP contribution >= 0.6 is 0 Å². The number of phenolic OH excluding ortho intramolecular Hbond substituents is 1. The second-order valence-electron chi connectivity index (χ2n) is 16.6. The Bertz CT molecular complexity index is 2450. The number of benzene rings is 3. The molecule has 0 saturated carbocycles. The maximum atomic E-state index is 16.5. The van der Waals surface area contributed by atoms with Crippen molar-refractivity contribution in [2.75, 3.05) is 18.0 Å². The minimum absolute atomic E-state index is 0.0123. The van der Waals surface area contributed by atoms with Gasteiger partial charge in [-0.1, -0.05) is 109 Å². The van der Waals surface area contributed by atoms with E-state index < -0.39 is 29.5 Å². The first-order chi connectivity index (χ1) is 30.0. The van der Waals surface area contributed by atoms with Crippen molar-refractivity contribution in [3.05, 3.63) is 88.0 Å². The number of hydrogen-bond donors (Lipinski definition) is 3. The average molecular weight is 850 g/mol. The van der Waals surface area contributed by atoms with Crippen LogP contribution in [0.3, 0.4) is 0 Å². The molecule has 1 fully saturated rings. The quantitative estimate of drug-likeness (QED) is 0.0320. The van der Waals surface area contributed by atoms with Crippen molar-refractivity contribution in [1.82, 2.24) is 20.3 Å². The largest absolute Gasteiger partial charge is 0.508 e. The molecule has 1 amide bonds. The molecule has 0 spiro atoms. The predicted molar refractivity (Wildman–Crippen MR) is 238 cm³/mol. The molecule has 5 aromatic rings. The minimum Gasteiger partial charge on any atom is -0.508 e. The van der Waals surface area contributed by atoms with E-state index in [2.05, 4.69) is 40.0 Å². The van der Waals surface area contributed by atoms with Gasteiger partial charge in [0.2, 0.25) is 0 Å². The zero-order valence-electron chi connectivity index (χ0n) is 35.9. The van der Waals surface area contributed by atoms with Crippen LogP contribution in [0.5, 0.6) is 11.5 Å². The van der Waals surface area contributed by atoms with Crippen molar-refractivity contribution in [1.29, 1.82) is 0 Å². The number of aromatic nitrogens is 3. The predicted octanol–water partition coefficient (Wildman–Crippen LogP) is 10.5. The molecule has 3 aromatic carbocycles. The number of ether oxygens (including phenoxy) is 2. The number of anilines is 1. The first-order valence-electron chi connectivity index (χ1n) is 22.0. The van der Waals surface area contributed by atoms with Crippen molar-refractivity contribution in [2.45, 2.75) is 117 Å². The van der Waals surface area contributed by atoms with Crippen molar-refractivity contribution < 1.29 is 33.0 Å². The first kappa shape index (κ1) is 45.5. The number of esters is 1. The standard InChI is InChI=1S/C49H57F2N5O6/c1-5-8-10-12-13-15-17-33(16-14-11-9-6-2)47(58)62-37-21-18-32(19-22-37)30-61-49(60)53-35-24-31(4)28-56(29-35)46-40-27-52-44(43(51)45(40)54-48(59)55-46)39-26-36(57)25-34-20-23-41(50)38(7-3)42(34)39/h3,18-23,25-27,31,33,35,57H,5-6,8-17,24,28-30H2,1-2,4H3,(H,53,60)(H,54,55,59). The molecule has 0 radical (unpaired) electrons. The molecule has 13 heteroatoms. The number of hydrogen-bond acceptors (Lipinski definition) is 9. The summed E-state index contributed by atoms with van der Waals surface area (Å²) >= 11 is 0. The molecule has 0 aliphatic carbocycles. The highest BCUT2D eigenvalue weighted by Crippen LogP contribution is 2.38. The highest BCUT2D eigenvalue weighted by atomic mass is 19.1. The lowest BCUT2D eigenvalue weighted by molar-refractivity contribution is -0.139. The van der Waals surface area contributed by atoms with E-state index in [0.717, 1.165) is 51.4 Å². The highest BCUT2D eigenvalue weighted by molar-refractivity contribution is 6.03. The highest BCUT2D eigenvalue weighted by Gasteiger charge is 2.30.